The highest BCUT2D eigenvalue weighted by molar-refractivity contribution is 6.18. The minimum atomic E-state index is -4.70. The van der Waals surface area contributed by atoms with Crippen LogP contribution in [0.25, 0.3) is 0 Å². The number of halogens is 3. The van der Waals surface area contributed by atoms with E-state index in [0.29, 0.717) is 12.1 Å². The number of alkyl halides is 3. The second-order valence-electron chi connectivity index (χ2n) is 10.7. The normalized spacial score (nSPS) is 23.3. The van der Waals surface area contributed by atoms with E-state index in [1.807, 2.05) is 0 Å². The maximum absolute atomic E-state index is 13.9. The molecule has 2 aromatic carbocycles. The average molecular weight is 570 g/mol. The second-order valence-corrected chi connectivity index (χ2v) is 10.7. The maximum Gasteiger partial charge on any atom is 0.417 e. The second kappa shape index (κ2) is 9.40. The molecule has 4 aliphatic rings. The predicted octanol–water partition coefficient (Wildman–Crippen LogP) is 2.50. The van der Waals surface area contributed by atoms with Crippen molar-refractivity contribution in [3.8, 4) is 0 Å². The van der Waals surface area contributed by atoms with Crippen molar-refractivity contribution < 1.29 is 37.1 Å². The number of nitrogens with zero attached hydrogens (tertiary/aromatic N) is 3. The first-order chi connectivity index (χ1) is 19.4. The monoisotopic (exact) mass is 569 g/mol. The molecule has 1 aliphatic carbocycles. The molecule has 0 radical (unpaired) electrons. The molecule has 0 bridgehead atoms. The van der Waals surface area contributed by atoms with E-state index in [4.69, 9.17) is 4.74 Å². The van der Waals surface area contributed by atoms with Gasteiger partial charge in [0.1, 0.15) is 23.5 Å². The van der Waals surface area contributed by atoms with Gasteiger partial charge in [-0.2, -0.15) is 13.2 Å². The Labute approximate surface area is 232 Å². The fraction of sp³-hybridized carbons (Fsp3) is 0.393. The number of imide groups is 1. The maximum atomic E-state index is 13.9. The van der Waals surface area contributed by atoms with Gasteiger partial charge >= 0.3 is 12.2 Å². The van der Waals surface area contributed by atoms with E-state index in [9.17, 15) is 32.3 Å². The fourth-order valence-corrected chi connectivity index (χ4v) is 6.09. The first-order valence-electron chi connectivity index (χ1n) is 13.1. The number of carbonyl (C=O) groups is 4. The lowest BCUT2D eigenvalue weighted by Crippen LogP contribution is -2.48. The number of hydrogen-bond acceptors (Lipinski definition) is 6. The molecular formula is C28H26F3N5O5. The van der Waals surface area contributed by atoms with Gasteiger partial charge in [0.15, 0.2) is 0 Å². The highest BCUT2D eigenvalue weighted by atomic mass is 19.4. The summed E-state index contributed by atoms with van der Waals surface area (Å²) in [6, 6.07) is 9.48. The van der Waals surface area contributed by atoms with Gasteiger partial charge in [0, 0.05) is 57.2 Å². The molecule has 5 amide bonds. The third-order valence-corrected chi connectivity index (χ3v) is 8.36. The van der Waals surface area contributed by atoms with Gasteiger partial charge < -0.3 is 15.0 Å². The van der Waals surface area contributed by atoms with Gasteiger partial charge in [-0.15, -0.1) is 0 Å². The van der Waals surface area contributed by atoms with E-state index in [-0.39, 0.29) is 49.8 Å². The summed E-state index contributed by atoms with van der Waals surface area (Å²) in [6.07, 6.45) is -3.72. The highest BCUT2D eigenvalue weighted by Gasteiger charge is 2.54. The van der Waals surface area contributed by atoms with Crippen molar-refractivity contribution in [1.82, 2.24) is 15.1 Å². The summed E-state index contributed by atoms with van der Waals surface area (Å²) in [4.78, 5) is 58.4. The van der Waals surface area contributed by atoms with Gasteiger partial charge in [0.25, 0.3) is 11.8 Å². The molecular weight excluding hydrogens is 543 g/mol. The standard InChI is InChI=1S/C28H26F3N5O5/c1-35-25(40)33-23(38)27(35)13-16-6-7-18(12-17(16)14-27)32-21(37)15-36-22(19-4-2-3-5-20(19)28(29,30)31)34-26(24(36)39)8-10-41-11-9-26/h2-7,12H,8-11,13-15H2,1H3,(H,32,37)(H,33,38,40)/t27-/m0/s1. The summed E-state index contributed by atoms with van der Waals surface area (Å²) in [7, 11) is 1.56. The Kier molecular flexibility index (Phi) is 6.18. The van der Waals surface area contributed by atoms with Gasteiger partial charge in [0.05, 0.1) is 5.56 Å². The van der Waals surface area contributed by atoms with E-state index in [1.54, 1.807) is 25.2 Å². The van der Waals surface area contributed by atoms with Crippen molar-refractivity contribution in [3.05, 3.63) is 64.7 Å². The third-order valence-electron chi connectivity index (χ3n) is 8.36. The summed E-state index contributed by atoms with van der Waals surface area (Å²) in [5, 5.41) is 5.05. The van der Waals surface area contributed by atoms with Crippen LogP contribution in [0.3, 0.4) is 0 Å². The van der Waals surface area contributed by atoms with Crippen LogP contribution in [-0.2, 0) is 38.1 Å². The SMILES string of the molecule is CN1C(=O)NC(=O)[C@@]12Cc1ccc(NC(=O)CN3C(=O)C4(CCOCC4)N=C3c3ccccc3C(F)(F)F)cc1C2. The van der Waals surface area contributed by atoms with Crippen LogP contribution >= 0.6 is 0 Å². The Morgan fingerprint density at radius 1 is 1.07 bits per heavy atom. The molecule has 1 atom stereocenters. The van der Waals surface area contributed by atoms with Crippen LogP contribution in [0.4, 0.5) is 23.7 Å². The lowest BCUT2D eigenvalue weighted by molar-refractivity contribution is -0.138. The van der Waals surface area contributed by atoms with Crippen molar-refractivity contribution in [2.45, 2.75) is 42.9 Å². The molecule has 10 nitrogen and oxygen atoms in total. The number of anilines is 1. The van der Waals surface area contributed by atoms with E-state index >= 15 is 0 Å². The van der Waals surface area contributed by atoms with Gasteiger partial charge in [-0.25, -0.2) is 4.79 Å². The number of carbonyl (C=O) groups excluding carboxylic acids is 4. The van der Waals surface area contributed by atoms with Gasteiger partial charge in [0.2, 0.25) is 5.91 Å². The smallest absolute Gasteiger partial charge is 0.381 e. The van der Waals surface area contributed by atoms with Crippen molar-refractivity contribution in [2.24, 2.45) is 4.99 Å². The first kappa shape index (κ1) is 26.9. The van der Waals surface area contributed by atoms with Gasteiger partial charge in [-0.05, 0) is 29.3 Å². The molecule has 6 rings (SSSR count). The van der Waals surface area contributed by atoms with Crippen molar-refractivity contribution >= 4 is 35.3 Å². The number of aliphatic imine (C=N–C) groups is 1. The van der Waals surface area contributed by atoms with Crippen molar-refractivity contribution in [3.63, 3.8) is 0 Å². The number of rotatable bonds is 4. The molecule has 41 heavy (non-hydrogen) atoms. The highest BCUT2D eigenvalue weighted by Crippen LogP contribution is 2.40. The summed E-state index contributed by atoms with van der Waals surface area (Å²) < 4.78 is 47.0. The lowest BCUT2D eigenvalue weighted by atomic mass is 9.90. The van der Waals surface area contributed by atoms with Crippen LogP contribution in [0.15, 0.2) is 47.5 Å². The lowest BCUT2D eigenvalue weighted by Gasteiger charge is -2.29. The number of hydrogen-bond donors (Lipinski definition) is 2. The minimum Gasteiger partial charge on any atom is -0.381 e. The minimum absolute atomic E-state index is 0.193. The Balaban J connectivity index is 1.25. The number of ether oxygens (including phenoxy) is 1. The molecule has 2 N–H and O–H groups in total. The van der Waals surface area contributed by atoms with E-state index in [2.05, 4.69) is 15.6 Å². The van der Waals surface area contributed by atoms with E-state index in [0.717, 1.165) is 22.1 Å². The number of amidine groups is 1. The zero-order chi connectivity index (χ0) is 29.2. The molecule has 2 aromatic rings. The van der Waals surface area contributed by atoms with Crippen LogP contribution < -0.4 is 10.6 Å². The first-order valence-corrected chi connectivity index (χ1v) is 13.1. The number of urea groups is 1. The fourth-order valence-electron chi connectivity index (χ4n) is 6.09. The largest absolute Gasteiger partial charge is 0.417 e. The molecule has 214 valence electrons. The molecule has 0 saturated carbocycles. The molecule has 0 unspecified atom stereocenters. The molecule has 3 aliphatic heterocycles. The van der Waals surface area contributed by atoms with Crippen LogP contribution in [0.1, 0.15) is 35.1 Å². The molecule has 13 heteroatoms. The Morgan fingerprint density at radius 3 is 2.46 bits per heavy atom. The zero-order valence-electron chi connectivity index (χ0n) is 22.0. The van der Waals surface area contributed by atoms with Crippen molar-refractivity contribution in [1.29, 1.82) is 0 Å². The molecule has 2 saturated heterocycles. The van der Waals surface area contributed by atoms with E-state index < -0.39 is 47.2 Å². The van der Waals surface area contributed by atoms with E-state index in [1.165, 1.54) is 23.1 Å². The summed E-state index contributed by atoms with van der Waals surface area (Å²) in [5.74, 6) is -1.75. The van der Waals surface area contributed by atoms with Crippen LogP contribution in [0, 0.1) is 0 Å². The van der Waals surface area contributed by atoms with Crippen molar-refractivity contribution in [2.75, 3.05) is 32.1 Å². The third kappa shape index (κ3) is 4.35. The number of nitrogens with one attached hydrogen (secondary N) is 2. The topological polar surface area (TPSA) is 120 Å². The van der Waals surface area contributed by atoms with Crippen LogP contribution in [-0.4, -0.2) is 77.3 Å². The summed E-state index contributed by atoms with van der Waals surface area (Å²) >= 11 is 0. The molecule has 3 heterocycles. The van der Waals surface area contributed by atoms with Gasteiger partial charge in [-0.3, -0.25) is 29.6 Å². The number of benzene rings is 2. The predicted molar refractivity (Wildman–Crippen MR) is 139 cm³/mol. The Morgan fingerprint density at radius 2 is 1.78 bits per heavy atom. The number of amides is 5. The molecule has 2 spiro atoms. The zero-order valence-corrected chi connectivity index (χ0v) is 22.0. The van der Waals surface area contributed by atoms with Crippen LogP contribution in [0.2, 0.25) is 0 Å². The Hall–Kier alpha value is -4.26. The Bertz CT molecular complexity index is 1520. The average Bonchev–Trinajstić information content (AvgIpc) is 3.51. The van der Waals surface area contributed by atoms with Crippen LogP contribution in [0.5, 0.6) is 0 Å². The molecule has 0 aromatic heterocycles. The summed E-state index contributed by atoms with van der Waals surface area (Å²) in [6.45, 7) is -0.106. The number of likely N-dealkylation sites (N-methyl/N-ethyl adjacent to an activating group) is 1. The molecule has 2 fully saturated rings. The van der Waals surface area contributed by atoms with Gasteiger partial charge in [-0.1, -0.05) is 24.3 Å². The number of fused-ring (bicyclic) bond motifs is 1. The summed E-state index contributed by atoms with van der Waals surface area (Å²) in [5.41, 5.74) is -1.53. The quantitative estimate of drug-likeness (QED) is 0.549.